The van der Waals surface area contributed by atoms with Crippen LogP contribution >= 0.6 is 12.4 Å². The van der Waals surface area contributed by atoms with Crippen molar-refractivity contribution in [3.05, 3.63) is 35.4 Å². The molecule has 3 nitrogen and oxygen atoms in total. The molecular formula is C20H31ClN2O. The molecule has 4 heteroatoms. The van der Waals surface area contributed by atoms with E-state index >= 15 is 0 Å². The molecule has 3 rings (SSSR count). The lowest BCUT2D eigenvalue weighted by Gasteiger charge is -2.30. The summed E-state index contributed by atoms with van der Waals surface area (Å²) in [5.74, 6) is 1.17. The first-order valence-corrected chi connectivity index (χ1v) is 9.14. The largest absolute Gasteiger partial charge is 0.349 e. The summed E-state index contributed by atoms with van der Waals surface area (Å²) in [6, 6.07) is 9.82. The second-order valence-corrected chi connectivity index (χ2v) is 7.83. The fourth-order valence-corrected chi connectivity index (χ4v) is 4.38. The molecule has 0 aromatic heterocycles. The van der Waals surface area contributed by atoms with Crippen molar-refractivity contribution in [3.8, 4) is 0 Å². The summed E-state index contributed by atoms with van der Waals surface area (Å²) in [4.78, 5) is 12.6. The highest BCUT2D eigenvalue weighted by Gasteiger charge is 2.34. The number of amides is 1. The molecule has 1 amide bonds. The number of carbonyl (C=O) groups excluding carboxylic acids is 1. The molecule has 1 aromatic rings. The number of carbonyl (C=O) groups is 1. The molecule has 2 saturated heterocycles. The van der Waals surface area contributed by atoms with Gasteiger partial charge in [-0.05, 0) is 55.6 Å². The number of hydrogen-bond acceptors (Lipinski definition) is 2. The minimum atomic E-state index is 0. The van der Waals surface area contributed by atoms with Gasteiger partial charge in [-0.15, -0.1) is 12.4 Å². The zero-order chi connectivity index (χ0) is 16.4. The van der Waals surface area contributed by atoms with Gasteiger partial charge in [-0.3, -0.25) is 4.79 Å². The van der Waals surface area contributed by atoms with Crippen LogP contribution in [0.3, 0.4) is 0 Å². The first-order valence-electron chi connectivity index (χ1n) is 9.14. The maximum Gasteiger partial charge on any atom is 0.220 e. The number of rotatable bonds is 5. The number of aryl methyl sites for hydroxylation is 1. The molecular weight excluding hydrogens is 320 g/mol. The van der Waals surface area contributed by atoms with Crippen LogP contribution in [0.1, 0.15) is 63.1 Å². The summed E-state index contributed by atoms with van der Waals surface area (Å²) in [5, 5.41) is 6.97. The summed E-state index contributed by atoms with van der Waals surface area (Å²) >= 11 is 0. The van der Waals surface area contributed by atoms with E-state index in [0.29, 0.717) is 30.3 Å². The molecule has 1 aromatic carbocycles. The van der Waals surface area contributed by atoms with Crippen molar-refractivity contribution in [2.24, 2.45) is 11.8 Å². The lowest BCUT2D eigenvalue weighted by Crippen LogP contribution is -2.40. The fourth-order valence-electron chi connectivity index (χ4n) is 4.38. The van der Waals surface area contributed by atoms with Gasteiger partial charge in [-0.1, -0.05) is 38.1 Å². The number of fused-ring (bicyclic) bond motifs is 2. The monoisotopic (exact) mass is 350 g/mol. The summed E-state index contributed by atoms with van der Waals surface area (Å²) in [7, 11) is 0. The van der Waals surface area contributed by atoms with E-state index in [0.717, 1.165) is 0 Å². The van der Waals surface area contributed by atoms with E-state index in [1.54, 1.807) is 0 Å². The fraction of sp³-hybridized carbons (Fsp3) is 0.650. The first kappa shape index (κ1) is 19.3. The van der Waals surface area contributed by atoms with Crippen molar-refractivity contribution in [3.63, 3.8) is 0 Å². The Bertz CT molecular complexity index is 548. The molecule has 0 saturated carbocycles. The van der Waals surface area contributed by atoms with Gasteiger partial charge in [0.1, 0.15) is 0 Å². The van der Waals surface area contributed by atoms with E-state index < -0.39 is 0 Å². The average molecular weight is 351 g/mol. The number of nitrogens with one attached hydrogen (secondary N) is 2. The van der Waals surface area contributed by atoms with Gasteiger partial charge in [0.15, 0.2) is 0 Å². The number of halogens is 1. The van der Waals surface area contributed by atoms with Gasteiger partial charge in [0.25, 0.3) is 0 Å². The third kappa shape index (κ3) is 4.52. The van der Waals surface area contributed by atoms with Crippen LogP contribution in [-0.4, -0.2) is 18.0 Å². The van der Waals surface area contributed by atoms with Crippen LogP contribution in [0.4, 0.5) is 0 Å². The normalized spacial score (nSPS) is 26.8. The van der Waals surface area contributed by atoms with Crippen molar-refractivity contribution in [2.75, 3.05) is 0 Å². The molecule has 2 fully saturated rings. The van der Waals surface area contributed by atoms with E-state index in [1.165, 1.54) is 36.8 Å². The Kier molecular flexibility index (Phi) is 6.70. The molecule has 2 heterocycles. The highest BCUT2D eigenvalue weighted by atomic mass is 35.5. The van der Waals surface area contributed by atoms with Crippen LogP contribution in [0.5, 0.6) is 0 Å². The standard InChI is InChI=1S/C20H30N2O.ClH/c1-13(2)20(18-7-5-4-6-14(18)3)22-19(23)12-15-10-16-8-9-17(11-15)21-16;/h4-7,13,15-17,20-21H,8-12H2,1-3H3,(H,22,23);1H. The Morgan fingerprint density at radius 2 is 1.83 bits per heavy atom. The van der Waals surface area contributed by atoms with Crippen LogP contribution in [-0.2, 0) is 4.79 Å². The minimum absolute atomic E-state index is 0. The van der Waals surface area contributed by atoms with Gasteiger partial charge in [-0.2, -0.15) is 0 Å². The second-order valence-electron chi connectivity index (χ2n) is 7.83. The van der Waals surface area contributed by atoms with Gasteiger partial charge in [0.2, 0.25) is 5.91 Å². The van der Waals surface area contributed by atoms with Crippen LogP contribution in [0, 0.1) is 18.8 Å². The van der Waals surface area contributed by atoms with Crippen LogP contribution < -0.4 is 10.6 Å². The van der Waals surface area contributed by atoms with Gasteiger partial charge in [0, 0.05) is 18.5 Å². The molecule has 3 unspecified atom stereocenters. The van der Waals surface area contributed by atoms with E-state index in [9.17, 15) is 4.79 Å². The van der Waals surface area contributed by atoms with Crippen molar-refractivity contribution in [2.45, 2.75) is 71.0 Å². The molecule has 2 aliphatic rings. The van der Waals surface area contributed by atoms with Crippen molar-refractivity contribution in [1.29, 1.82) is 0 Å². The Morgan fingerprint density at radius 1 is 1.21 bits per heavy atom. The van der Waals surface area contributed by atoms with Crippen molar-refractivity contribution in [1.82, 2.24) is 10.6 Å². The minimum Gasteiger partial charge on any atom is -0.349 e. The maximum atomic E-state index is 12.6. The molecule has 24 heavy (non-hydrogen) atoms. The Hall–Kier alpha value is -1.06. The molecule has 2 bridgehead atoms. The van der Waals surface area contributed by atoms with Crippen LogP contribution in [0.25, 0.3) is 0 Å². The zero-order valence-corrected chi connectivity index (χ0v) is 15.9. The maximum absolute atomic E-state index is 12.6. The second kappa shape index (κ2) is 8.35. The summed E-state index contributed by atoms with van der Waals surface area (Å²) < 4.78 is 0. The molecule has 2 aliphatic heterocycles. The number of hydrogen-bond donors (Lipinski definition) is 2. The SMILES string of the molecule is Cc1ccccc1C(NC(=O)CC1CC2CCC(C1)N2)C(C)C.Cl. The summed E-state index contributed by atoms with van der Waals surface area (Å²) in [6.07, 6.45) is 5.60. The molecule has 0 aliphatic carbocycles. The van der Waals surface area contributed by atoms with Gasteiger partial charge >= 0.3 is 0 Å². The lowest BCUT2D eigenvalue weighted by atomic mass is 9.88. The van der Waals surface area contributed by atoms with Gasteiger partial charge in [-0.25, -0.2) is 0 Å². The zero-order valence-electron chi connectivity index (χ0n) is 15.0. The van der Waals surface area contributed by atoms with E-state index in [-0.39, 0.29) is 24.4 Å². The predicted octanol–water partition coefficient (Wildman–Crippen LogP) is 4.15. The van der Waals surface area contributed by atoms with Crippen molar-refractivity contribution >= 4 is 18.3 Å². The van der Waals surface area contributed by atoms with Crippen molar-refractivity contribution < 1.29 is 4.79 Å². The van der Waals surface area contributed by atoms with Crippen LogP contribution in [0.2, 0.25) is 0 Å². The number of benzene rings is 1. The molecule has 2 N–H and O–H groups in total. The Labute approximate surface area is 152 Å². The molecule has 0 radical (unpaired) electrons. The third-order valence-electron chi connectivity index (χ3n) is 5.55. The topological polar surface area (TPSA) is 41.1 Å². The highest BCUT2D eigenvalue weighted by molar-refractivity contribution is 5.85. The highest BCUT2D eigenvalue weighted by Crippen LogP contribution is 2.33. The smallest absolute Gasteiger partial charge is 0.220 e. The summed E-state index contributed by atoms with van der Waals surface area (Å²) in [5.41, 5.74) is 2.51. The van der Waals surface area contributed by atoms with Crippen LogP contribution in [0.15, 0.2) is 24.3 Å². The Balaban J connectivity index is 0.00000208. The van der Waals surface area contributed by atoms with E-state index in [4.69, 9.17) is 0 Å². The summed E-state index contributed by atoms with van der Waals surface area (Å²) in [6.45, 7) is 6.49. The van der Waals surface area contributed by atoms with E-state index in [2.05, 4.69) is 55.7 Å². The predicted molar refractivity (Wildman–Crippen MR) is 101 cm³/mol. The third-order valence-corrected chi connectivity index (χ3v) is 5.55. The van der Waals surface area contributed by atoms with Gasteiger partial charge in [0.05, 0.1) is 6.04 Å². The Morgan fingerprint density at radius 3 is 2.42 bits per heavy atom. The molecule has 0 spiro atoms. The first-order chi connectivity index (χ1) is 11.0. The molecule has 134 valence electrons. The van der Waals surface area contributed by atoms with E-state index in [1.807, 2.05) is 0 Å². The quantitative estimate of drug-likeness (QED) is 0.837. The lowest BCUT2D eigenvalue weighted by molar-refractivity contribution is -0.123. The average Bonchev–Trinajstić information content (AvgIpc) is 2.84. The number of piperidine rings is 1. The van der Waals surface area contributed by atoms with Gasteiger partial charge < -0.3 is 10.6 Å². The molecule has 3 atom stereocenters.